The minimum atomic E-state index is -0.444. The number of benzene rings is 1. The van der Waals surface area contributed by atoms with Crippen LogP contribution >= 0.6 is 0 Å². The van der Waals surface area contributed by atoms with Crippen LogP contribution in [0.2, 0.25) is 0 Å². The number of amides is 1. The van der Waals surface area contributed by atoms with Crippen molar-refractivity contribution in [1.82, 2.24) is 19.4 Å². The van der Waals surface area contributed by atoms with Gasteiger partial charge in [0.15, 0.2) is 5.89 Å². The molecule has 0 aliphatic carbocycles. The van der Waals surface area contributed by atoms with Crippen LogP contribution in [-0.2, 0) is 6.42 Å². The number of imidazole rings is 1. The Morgan fingerprint density at radius 1 is 1.23 bits per heavy atom. The van der Waals surface area contributed by atoms with Crippen molar-refractivity contribution in [2.45, 2.75) is 34.1 Å². The van der Waals surface area contributed by atoms with Crippen molar-refractivity contribution in [2.24, 2.45) is 5.92 Å². The smallest absolute Gasteiger partial charge is 0.293 e. The minimum Gasteiger partial charge on any atom is -0.436 e. The van der Waals surface area contributed by atoms with Crippen molar-refractivity contribution in [3.05, 3.63) is 65.5 Å². The topological polar surface area (TPSA) is 85.3 Å². The molecular formula is C22H22FN5O2. The van der Waals surface area contributed by atoms with Crippen LogP contribution < -0.4 is 5.32 Å². The maximum atomic E-state index is 14.6. The molecule has 3 heterocycles. The molecule has 4 aromatic rings. The van der Waals surface area contributed by atoms with Crippen molar-refractivity contribution in [3.8, 4) is 11.3 Å². The third-order valence-corrected chi connectivity index (χ3v) is 4.62. The average Bonchev–Trinajstić information content (AvgIpc) is 3.24. The van der Waals surface area contributed by atoms with Crippen molar-refractivity contribution in [3.63, 3.8) is 0 Å². The van der Waals surface area contributed by atoms with E-state index in [2.05, 4.69) is 34.1 Å². The Kier molecular flexibility index (Phi) is 5.07. The highest BCUT2D eigenvalue weighted by Crippen LogP contribution is 2.26. The largest absolute Gasteiger partial charge is 0.436 e. The number of halogens is 1. The molecule has 1 amide bonds. The average molecular weight is 407 g/mol. The van der Waals surface area contributed by atoms with Crippen molar-refractivity contribution < 1.29 is 13.6 Å². The molecule has 0 radical (unpaired) electrons. The summed E-state index contributed by atoms with van der Waals surface area (Å²) < 4.78 is 21.7. The predicted octanol–water partition coefficient (Wildman–Crippen LogP) is 4.59. The molecule has 0 fully saturated rings. The zero-order valence-electron chi connectivity index (χ0n) is 17.2. The lowest BCUT2D eigenvalue weighted by Crippen LogP contribution is -2.12. The van der Waals surface area contributed by atoms with Gasteiger partial charge in [-0.25, -0.2) is 19.3 Å². The number of rotatable bonds is 5. The van der Waals surface area contributed by atoms with Gasteiger partial charge in [0.1, 0.15) is 5.82 Å². The van der Waals surface area contributed by atoms with Gasteiger partial charge in [0.25, 0.3) is 5.91 Å². The van der Waals surface area contributed by atoms with Crippen molar-refractivity contribution in [2.75, 3.05) is 5.32 Å². The number of oxazole rings is 1. The van der Waals surface area contributed by atoms with Gasteiger partial charge in [0, 0.05) is 36.8 Å². The van der Waals surface area contributed by atoms with E-state index in [1.54, 1.807) is 36.7 Å². The summed E-state index contributed by atoms with van der Waals surface area (Å²) in [4.78, 5) is 25.4. The number of nitrogens with one attached hydrogen (secondary N) is 1. The number of hydrogen-bond acceptors (Lipinski definition) is 5. The zero-order valence-corrected chi connectivity index (χ0v) is 17.2. The highest BCUT2D eigenvalue weighted by Gasteiger charge is 2.18. The Morgan fingerprint density at radius 2 is 2.03 bits per heavy atom. The second-order valence-electron chi connectivity index (χ2n) is 7.69. The predicted molar refractivity (Wildman–Crippen MR) is 111 cm³/mol. The number of carbonyl (C=O) groups excluding carboxylic acids is 1. The lowest BCUT2D eigenvalue weighted by atomic mass is 10.1. The van der Waals surface area contributed by atoms with Crippen LogP contribution in [0.3, 0.4) is 0 Å². The quantitative estimate of drug-likeness (QED) is 0.523. The van der Waals surface area contributed by atoms with E-state index < -0.39 is 11.7 Å². The van der Waals surface area contributed by atoms with Crippen LogP contribution in [0.4, 0.5) is 10.1 Å². The van der Waals surface area contributed by atoms with Gasteiger partial charge in [-0.15, -0.1) is 0 Å². The molecule has 4 rings (SSSR count). The van der Waals surface area contributed by atoms with Gasteiger partial charge in [0.05, 0.1) is 11.4 Å². The SMILES string of the molecule is Cc1nc(C)c(C(=O)Nc2ccc(F)c(-c3cn4cc(CC(C)C)cnc4n3)c2)o1. The van der Waals surface area contributed by atoms with Gasteiger partial charge in [0.2, 0.25) is 11.5 Å². The van der Waals surface area contributed by atoms with Crippen LogP contribution in [0.25, 0.3) is 17.0 Å². The molecule has 154 valence electrons. The molecule has 7 nitrogen and oxygen atoms in total. The Hall–Kier alpha value is -3.55. The Bertz CT molecular complexity index is 1240. The normalized spacial score (nSPS) is 11.4. The van der Waals surface area contributed by atoms with E-state index in [9.17, 15) is 9.18 Å². The summed E-state index contributed by atoms with van der Waals surface area (Å²) in [7, 11) is 0. The van der Waals surface area contributed by atoms with E-state index in [1.807, 2.05) is 6.20 Å². The maximum Gasteiger partial charge on any atom is 0.293 e. The van der Waals surface area contributed by atoms with Gasteiger partial charge in [-0.1, -0.05) is 13.8 Å². The highest BCUT2D eigenvalue weighted by molar-refractivity contribution is 6.03. The molecule has 30 heavy (non-hydrogen) atoms. The lowest BCUT2D eigenvalue weighted by Gasteiger charge is -2.06. The molecule has 3 aromatic heterocycles. The molecule has 0 aliphatic heterocycles. The van der Waals surface area contributed by atoms with Crippen LogP contribution in [0.15, 0.2) is 41.2 Å². The Balaban J connectivity index is 1.64. The number of aromatic nitrogens is 4. The fourth-order valence-corrected chi connectivity index (χ4v) is 3.36. The first kappa shape index (κ1) is 19.8. The fourth-order valence-electron chi connectivity index (χ4n) is 3.36. The Labute approximate surface area is 173 Å². The summed E-state index contributed by atoms with van der Waals surface area (Å²) >= 11 is 0. The van der Waals surface area contributed by atoms with E-state index in [4.69, 9.17) is 4.42 Å². The van der Waals surface area contributed by atoms with Gasteiger partial charge in [-0.05, 0) is 43.0 Å². The molecule has 1 aromatic carbocycles. The van der Waals surface area contributed by atoms with Crippen LogP contribution in [0, 0.1) is 25.6 Å². The maximum absolute atomic E-state index is 14.6. The number of hydrogen-bond donors (Lipinski definition) is 1. The van der Waals surface area contributed by atoms with E-state index in [0.29, 0.717) is 34.7 Å². The molecule has 0 spiro atoms. The van der Waals surface area contributed by atoms with Crippen molar-refractivity contribution >= 4 is 17.4 Å². The first-order valence-corrected chi connectivity index (χ1v) is 9.69. The summed E-state index contributed by atoms with van der Waals surface area (Å²) in [5, 5.41) is 2.72. The van der Waals surface area contributed by atoms with Crippen LogP contribution in [-0.4, -0.2) is 25.3 Å². The third kappa shape index (κ3) is 3.94. The molecule has 0 unspecified atom stereocenters. The number of carbonyl (C=O) groups is 1. The van der Waals surface area contributed by atoms with Gasteiger partial charge in [-0.2, -0.15) is 0 Å². The highest BCUT2D eigenvalue weighted by atomic mass is 19.1. The summed E-state index contributed by atoms with van der Waals surface area (Å²) in [5.74, 6) is 0.645. The van der Waals surface area contributed by atoms with Crippen molar-refractivity contribution in [1.29, 1.82) is 0 Å². The first-order chi connectivity index (χ1) is 14.3. The van der Waals surface area contributed by atoms with Gasteiger partial charge < -0.3 is 9.73 Å². The second kappa shape index (κ2) is 7.70. The Morgan fingerprint density at radius 3 is 2.73 bits per heavy atom. The number of anilines is 1. The fraction of sp³-hybridized carbons (Fsp3) is 0.273. The molecule has 8 heteroatoms. The molecule has 0 atom stereocenters. The molecule has 1 N–H and O–H groups in total. The van der Waals surface area contributed by atoms with E-state index in [0.717, 1.165) is 12.0 Å². The molecule has 0 aliphatic rings. The molecule has 0 saturated heterocycles. The summed E-state index contributed by atoms with van der Waals surface area (Å²) in [6, 6.07) is 4.33. The lowest BCUT2D eigenvalue weighted by molar-refractivity contribution is 0.0994. The molecular weight excluding hydrogens is 385 g/mol. The van der Waals surface area contributed by atoms with Crippen LogP contribution in [0.5, 0.6) is 0 Å². The van der Waals surface area contributed by atoms with Gasteiger partial charge >= 0.3 is 0 Å². The second-order valence-corrected chi connectivity index (χ2v) is 7.69. The van der Waals surface area contributed by atoms with Crippen LogP contribution in [0.1, 0.15) is 41.6 Å². The summed E-state index contributed by atoms with van der Waals surface area (Å²) in [6.45, 7) is 7.64. The summed E-state index contributed by atoms with van der Waals surface area (Å²) in [5.41, 5.74) is 2.71. The summed E-state index contributed by atoms with van der Waals surface area (Å²) in [6.07, 6.45) is 6.38. The third-order valence-electron chi connectivity index (χ3n) is 4.62. The number of nitrogens with zero attached hydrogens (tertiary/aromatic N) is 4. The minimum absolute atomic E-state index is 0.132. The number of fused-ring (bicyclic) bond motifs is 1. The number of aryl methyl sites for hydroxylation is 2. The molecule has 0 bridgehead atoms. The first-order valence-electron chi connectivity index (χ1n) is 9.69. The van der Waals surface area contributed by atoms with E-state index in [1.165, 1.54) is 12.1 Å². The monoisotopic (exact) mass is 407 g/mol. The standard InChI is InChI=1S/C22H22FN5O2/c1-12(2)7-15-9-24-22-27-19(11-28(22)10-15)17-8-16(5-6-18(17)23)26-21(29)20-13(3)25-14(4)30-20/h5-6,8-12H,7H2,1-4H3,(H,26,29). The van der Waals surface area contributed by atoms with E-state index in [-0.39, 0.29) is 11.3 Å². The van der Waals surface area contributed by atoms with Gasteiger partial charge in [-0.3, -0.25) is 9.20 Å². The van der Waals surface area contributed by atoms with E-state index >= 15 is 0 Å². The molecule has 0 saturated carbocycles. The zero-order chi connectivity index (χ0) is 21.4.